The van der Waals surface area contributed by atoms with E-state index in [0.29, 0.717) is 0 Å². The molecule has 0 saturated carbocycles. The van der Waals surface area contributed by atoms with E-state index in [4.69, 9.17) is 0 Å². The molecule has 0 aromatic rings. The molecule has 0 bridgehead atoms. The molecule has 15 valence electrons. The largest absolute Gasteiger partial charge is 3.00 e. The summed E-state index contributed by atoms with van der Waals surface area (Å²) >= 11 is 0. The first kappa shape index (κ1) is 48.0. The van der Waals surface area contributed by atoms with Gasteiger partial charge in [0, 0.05) is 0 Å². The molecule has 0 amide bonds. The molecule has 0 atom stereocenters. The molecule has 0 nitrogen and oxygen atoms in total. The van der Waals surface area contributed by atoms with Gasteiger partial charge in [-0.15, -0.1) is 0 Å². The first-order valence-corrected chi connectivity index (χ1v) is 0. The molecule has 5 heteroatoms. The fourth-order valence-corrected chi connectivity index (χ4v) is 0. The van der Waals surface area contributed by atoms with Crippen molar-refractivity contribution in [1.82, 2.24) is 0 Å². The zero-order valence-corrected chi connectivity index (χ0v) is 8.66. The van der Waals surface area contributed by atoms with Crippen LogP contribution in [-0.4, -0.2) is 86.8 Å². The van der Waals surface area contributed by atoms with Crippen LogP contribution in [0.4, 0.5) is 0 Å². The Bertz CT molecular complexity index is 0. The summed E-state index contributed by atoms with van der Waals surface area (Å²) in [6, 6.07) is 0. The maximum absolute atomic E-state index is 0. The maximum Gasteiger partial charge on any atom is 3.00 e. The molecular formula is Al5. The molecule has 0 aliphatic heterocycles. The third kappa shape index (κ3) is 20.4. The Morgan fingerprint density at radius 2 is 0.400 bits per heavy atom. The predicted octanol–water partition coefficient (Wildman–Crippen LogP) is -1.90. The molecule has 0 fully saturated rings. The van der Waals surface area contributed by atoms with Crippen molar-refractivity contribution in [1.29, 1.82) is 0 Å². The van der Waals surface area contributed by atoms with Crippen LogP contribution in [0, 0.1) is 0 Å². The van der Waals surface area contributed by atoms with E-state index in [-0.39, 0.29) is 86.8 Å². The van der Waals surface area contributed by atoms with E-state index in [0.717, 1.165) is 0 Å². The Balaban J connectivity index is 0. The summed E-state index contributed by atoms with van der Waals surface area (Å²) in [5, 5.41) is 0. The average molecular weight is 135 g/mol. The first-order valence-electron chi connectivity index (χ1n) is 0. The van der Waals surface area contributed by atoms with Crippen molar-refractivity contribution < 1.29 is 0 Å². The van der Waals surface area contributed by atoms with Gasteiger partial charge < -0.3 is 52.1 Å². The molecule has 0 spiro atoms. The standard InChI is InChI=1S/5Al/q3*-2;2*+3. The third-order valence-corrected chi connectivity index (χ3v) is 0. The van der Waals surface area contributed by atoms with Crippen LogP contribution < -0.4 is 0 Å². The van der Waals surface area contributed by atoms with Crippen molar-refractivity contribution in [3.05, 3.63) is 0 Å². The summed E-state index contributed by atoms with van der Waals surface area (Å²) in [6.45, 7) is 0. The van der Waals surface area contributed by atoms with Gasteiger partial charge in [-0.05, 0) is 0 Å². The summed E-state index contributed by atoms with van der Waals surface area (Å²) in [5.74, 6) is 0. The molecule has 0 aromatic carbocycles. The SMILES string of the molecule is [Al+3].[Al+3].[Al-2].[Al-2].[Al-2]. The maximum atomic E-state index is 0. The fourth-order valence-electron chi connectivity index (χ4n) is 0. The van der Waals surface area contributed by atoms with Crippen LogP contribution >= 0.6 is 0 Å². The second kappa shape index (κ2) is 30.1. The van der Waals surface area contributed by atoms with Gasteiger partial charge in [0.15, 0.2) is 0 Å². The molecule has 0 unspecified atom stereocenters. The van der Waals surface area contributed by atoms with E-state index >= 15 is 0 Å². The monoisotopic (exact) mass is 135 g/mol. The van der Waals surface area contributed by atoms with Crippen molar-refractivity contribution >= 4 is 86.8 Å². The third-order valence-electron chi connectivity index (χ3n) is 0. The van der Waals surface area contributed by atoms with Gasteiger partial charge in [0.25, 0.3) is 0 Å². The molecule has 0 rings (SSSR count). The van der Waals surface area contributed by atoms with Crippen LogP contribution in [0.2, 0.25) is 0 Å². The van der Waals surface area contributed by atoms with Crippen LogP contribution in [0.15, 0.2) is 0 Å². The first-order chi connectivity index (χ1) is 0. The van der Waals surface area contributed by atoms with Gasteiger partial charge in [0.2, 0.25) is 0 Å². The Kier molecular flexibility index (Phi) is 289. The van der Waals surface area contributed by atoms with Crippen molar-refractivity contribution in [2.45, 2.75) is 0 Å². The summed E-state index contributed by atoms with van der Waals surface area (Å²) in [6.07, 6.45) is 0. The van der Waals surface area contributed by atoms with Crippen LogP contribution in [0.5, 0.6) is 0 Å². The van der Waals surface area contributed by atoms with E-state index in [9.17, 15) is 0 Å². The van der Waals surface area contributed by atoms with Crippen LogP contribution in [0.3, 0.4) is 0 Å². The molecule has 0 aliphatic rings. The Morgan fingerprint density at radius 1 is 0.400 bits per heavy atom. The summed E-state index contributed by atoms with van der Waals surface area (Å²) in [5.41, 5.74) is 0. The van der Waals surface area contributed by atoms with Crippen LogP contribution in [-0.2, 0) is 0 Å². The van der Waals surface area contributed by atoms with Gasteiger partial charge in [0.05, 0.1) is 0 Å². The molecule has 0 aliphatic carbocycles. The fraction of sp³-hybridized carbons (Fsp3) is 0. The van der Waals surface area contributed by atoms with Crippen molar-refractivity contribution in [3.63, 3.8) is 0 Å². The predicted molar refractivity (Wildman–Crippen MR) is 28.8 cm³/mol. The minimum Gasteiger partial charge on any atom is -2.00 e. The van der Waals surface area contributed by atoms with E-state index in [1.165, 1.54) is 0 Å². The van der Waals surface area contributed by atoms with E-state index < -0.39 is 0 Å². The molecular weight excluding hydrogens is 135 g/mol. The van der Waals surface area contributed by atoms with Crippen LogP contribution in [0.25, 0.3) is 0 Å². The van der Waals surface area contributed by atoms with Crippen LogP contribution in [0.1, 0.15) is 0 Å². The number of hydrogen-bond acceptors (Lipinski definition) is 0. The number of hydrogen-bond donors (Lipinski definition) is 0. The van der Waals surface area contributed by atoms with Crippen molar-refractivity contribution in [2.75, 3.05) is 0 Å². The molecule has 0 saturated heterocycles. The van der Waals surface area contributed by atoms with Gasteiger partial charge in [-0.1, -0.05) is 0 Å². The second-order valence-electron chi connectivity index (χ2n) is 0. The quantitative estimate of drug-likeness (QED) is 0.340. The minimum absolute atomic E-state index is 0. The van der Waals surface area contributed by atoms with Crippen molar-refractivity contribution in [2.24, 2.45) is 0 Å². The van der Waals surface area contributed by atoms with Gasteiger partial charge >= 0.3 is 34.7 Å². The van der Waals surface area contributed by atoms with Gasteiger partial charge in [-0.25, -0.2) is 0 Å². The molecule has 0 aromatic heterocycles. The normalized spacial score (nSPS) is 0. The summed E-state index contributed by atoms with van der Waals surface area (Å²) in [4.78, 5) is 0. The molecule has 5 heavy (non-hydrogen) atoms. The number of rotatable bonds is 0. The zero-order valence-electron chi connectivity index (χ0n) is 2.89. The molecule has 9 radical (unpaired) electrons. The van der Waals surface area contributed by atoms with Gasteiger partial charge in [-0.2, -0.15) is 0 Å². The molecule has 0 N–H and O–H groups in total. The second-order valence-corrected chi connectivity index (χ2v) is 0. The Hall–Kier alpha value is 2.66. The Morgan fingerprint density at radius 3 is 0.400 bits per heavy atom. The summed E-state index contributed by atoms with van der Waals surface area (Å²) in [7, 11) is 0. The average Bonchev–Trinajstić information content (AvgIpc) is 0. The molecule has 0 heterocycles. The van der Waals surface area contributed by atoms with Gasteiger partial charge in [-0.3, -0.25) is 0 Å². The van der Waals surface area contributed by atoms with E-state index in [1.54, 1.807) is 0 Å². The van der Waals surface area contributed by atoms with E-state index in [2.05, 4.69) is 0 Å². The summed E-state index contributed by atoms with van der Waals surface area (Å²) < 4.78 is 0. The minimum atomic E-state index is 0. The van der Waals surface area contributed by atoms with E-state index in [1.807, 2.05) is 0 Å². The zero-order chi connectivity index (χ0) is 0. The smallest absolute Gasteiger partial charge is 2.00 e. The topological polar surface area (TPSA) is 0 Å². The van der Waals surface area contributed by atoms with Gasteiger partial charge in [0.1, 0.15) is 0 Å². The van der Waals surface area contributed by atoms with Crippen molar-refractivity contribution in [3.8, 4) is 0 Å². The Labute approximate surface area is 85.7 Å².